The summed E-state index contributed by atoms with van der Waals surface area (Å²) in [5.74, 6) is 3.99. The predicted molar refractivity (Wildman–Crippen MR) is 73.8 cm³/mol. The Kier molecular flexibility index (Phi) is 6.71. The monoisotopic (exact) mass is 279 g/mol. The van der Waals surface area contributed by atoms with Crippen LogP contribution in [-0.2, 0) is 4.74 Å². The molecule has 1 aromatic carbocycles. The standard InChI is InChI=1S/C15H18FNO3/c1-3-20-10-8-17(2)15(19)13-7-6-12(5-4-9-18)11-14(13)16/h6-7,11,18H,3,8-10H2,1-2H3. The highest BCUT2D eigenvalue weighted by molar-refractivity contribution is 5.94. The number of rotatable bonds is 5. The molecular weight excluding hydrogens is 261 g/mol. The number of benzene rings is 1. The van der Waals surface area contributed by atoms with Crippen LogP contribution in [0.5, 0.6) is 0 Å². The molecule has 0 saturated carbocycles. The molecule has 0 spiro atoms. The molecule has 0 heterocycles. The summed E-state index contributed by atoms with van der Waals surface area (Å²) in [6.07, 6.45) is 0. The highest BCUT2D eigenvalue weighted by Crippen LogP contribution is 2.12. The van der Waals surface area contributed by atoms with Crippen molar-refractivity contribution in [2.45, 2.75) is 6.92 Å². The van der Waals surface area contributed by atoms with Gasteiger partial charge in [0.25, 0.3) is 5.91 Å². The molecule has 0 atom stereocenters. The van der Waals surface area contributed by atoms with E-state index in [4.69, 9.17) is 9.84 Å². The molecule has 0 bridgehead atoms. The Morgan fingerprint density at radius 1 is 1.50 bits per heavy atom. The SMILES string of the molecule is CCOCCN(C)C(=O)c1ccc(C#CCO)cc1F. The zero-order chi connectivity index (χ0) is 15.0. The summed E-state index contributed by atoms with van der Waals surface area (Å²) < 4.78 is 19.0. The van der Waals surface area contributed by atoms with E-state index in [1.807, 2.05) is 6.92 Å². The molecule has 0 fully saturated rings. The van der Waals surface area contributed by atoms with Crippen molar-refractivity contribution in [1.29, 1.82) is 0 Å². The van der Waals surface area contributed by atoms with Gasteiger partial charge in [0.05, 0.1) is 12.2 Å². The fourth-order valence-corrected chi connectivity index (χ4v) is 1.56. The second-order valence-corrected chi connectivity index (χ2v) is 4.08. The van der Waals surface area contributed by atoms with Gasteiger partial charge < -0.3 is 14.7 Å². The maximum Gasteiger partial charge on any atom is 0.256 e. The van der Waals surface area contributed by atoms with Crippen LogP contribution in [0, 0.1) is 17.7 Å². The molecule has 20 heavy (non-hydrogen) atoms. The number of ether oxygens (including phenoxy) is 1. The third-order valence-corrected chi connectivity index (χ3v) is 2.63. The number of carbonyl (C=O) groups is 1. The molecule has 0 aliphatic carbocycles. The minimum Gasteiger partial charge on any atom is -0.384 e. The maximum atomic E-state index is 13.9. The third kappa shape index (κ3) is 4.65. The molecule has 5 heteroatoms. The molecule has 1 aromatic rings. The lowest BCUT2D eigenvalue weighted by Crippen LogP contribution is -2.30. The molecule has 0 aliphatic heterocycles. The van der Waals surface area contributed by atoms with E-state index in [0.29, 0.717) is 25.3 Å². The molecule has 108 valence electrons. The van der Waals surface area contributed by atoms with Gasteiger partial charge in [-0.25, -0.2) is 4.39 Å². The fraction of sp³-hybridized carbons (Fsp3) is 0.400. The summed E-state index contributed by atoms with van der Waals surface area (Å²) >= 11 is 0. The van der Waals surface area contributed by atoms with Crippen molar-refractivity contribution in [3.63, 3.8) is 0 Å². The van der Waals surface area contributed by atoms with Crippen molar-refractivity contribution in [1.82, 2.24) is 4.90 Å². The first-order valence-electron chi connectivity index (χ1n) is 6.32. The van der Waals surface area contributed by atoms with E-state index in [1.54, 1.807) is 13.1 Å². The number of halogens is 1. The lowest BCUT2D eigenvalue weighted by molar-refractivity contribution is 0.0705. The predicted octanol–water partition coefficient (Wildman–Crippen LogP) is 1.28. The first-order valence-corrected chi connectivity index (χ1v) is 6.32. The number of hydrogen-bond donors (Lipinski definition) is 1. The van der Waals surface area contributed by atoms with Crippen LogP contribution in [0.3, 0.4) is 0 Å². The van der Waals surface area contributed by atoms with E-state index in [2.05, 4.69) is 11.8 Å². The third-order valence-electron chi connectivity index (χ3n) is 2.63. The molecule has 0 aliphatic rings. The lowest BCUT2D eigenvalue weighted by Gasteiger charge is -2.17. The minimum absolute atomic E-state index is 0.00135. The van der Waals surface area contributed by atoms with Gasteiger partial charge in [0.15, 0.2) is 0 Å². The van der Waals surface area contributed by atoms with E-state index in [-0.39, 0.29) is 12.2 Å². The minimum atomic E-state index is -0.622. The number of aliphatic hydroxyl groups is 1. The number of carbonyl (C=O) groups excluding carboxylic acids is 1. The summed E-state index contributed by atoms with van der Waals surface area (Å²) in [5, 5.41) is 8.58. The Bertz CT molecular complexity index is 520. The van der Waals surface area contributed by atoms with Gasteiger partial charge in [0, 0.05) is 25.8 Å². The molecule has 0 aromatic heterocycles. The Labute approximate surface area is 118 Å². The second-order valence-electron chi connectivity index (χ2n) is 4.08. The van der Waals surface area contributed by atoms with Crippen molar-refractivity contribution < 1.29 is 19.0 Å². The summed E-state index contributed by atoms with van der Waals surface area (Å²) in [6, 6.07) is 4.14. The number of aliphatic hydroxyl groups excluding tert-OH is 1. The van der Waals surface area contributed by atoms with Crippen molar-refractivity contribution in [3.05, 3.63) is 35.1 Å². The molecule has 0 saturated heterocycles. The van der Waals surface area contributed by atoms with E-state index in [1.165, 1.54) is 17.0 Å². The molecule has 0 radical (unpaired) electrons. The Hall–Kier alpha value is -1.90. The van der Waals surface area contributed by atoms with Crippen LogP contribution >= 0.6 is 0 Å². The van der Waals surface area contributed by atoms with Crippen molar-refractivity contribution in [2.75, 3.05) is 33.4 Å². The molecule has 4 nitrogen and oxygen atoms in total. The van der Waals surface area contributed by atoms with Crippen LogP contribution in [0.1, 0.15) is 22.8 Å². The maximum absolute atomic E-state index is 13.9. The number of amides is 1. The molecule has 1 N–H and O–H groups in total. The summed E-state index contributed by atoms with van der Waals surface area (Å²) in [7, 11) is 1.60. The number of likely N-dealkylation sites (N-methyl/N-ethyl adjacent to an activating group) is 1. The second kappa shape index (κ2) is 8.31. The molecule has 0 unspecified atom stereocenters. The van der Waals surface area contributed by atoms with Crippen molar-refractivity contribution >= 4 is 5.91 Å². The van der Waals surface area contributed by atoms with Crippen LogP contribution in [0.2, 0.25) is 0 Å². The van der Waals surface area contributed by atoms with Crippen LogP contribution < -0.4 is 0 Å². The van der Waals surface area contributed by atoms with Gasteiger partial charge >= 0.3 is 0 Å². The highest BCUT2D eigenvalue weighted by Gasteiger charge is 2.16. The van der Waals surface area contributed by atoms with E-state index >= 15 is 0 Å². The van der Waals surface area contributed by atoms with Gasteiger partial charge in [-0.05, 0) is 25.1 Å². The molecule has 1 rings (SSSR count). The first-order chi connectivity index (χ1) is 9.60. The van der Waals surface area contributed by atoms with E-state index in [9.17, 15) is 9.18 Å². The summed E-state index contributed by atoms with van der Waals surface area (Å²) in [6.45, 7) is 2.98. The van der Waals surface area contributed by atoms with Gasteiger partial charge in [-0.2, -0.15) is 0 Å². The average molecular weight is 279 g/mol. The van der Waals surface area contributed by atoms with Gasteiger partial charge in [0.2, 0.25) is 0 Å². The van der Waals surface area contributed by atoms with Gasteiger partial charge in [-0.1, -0.05) is 11.8 Å². The van der Waals surface area contributed by atoms with Crippen molar-refractivity contribution in [2.24, 2.45) is 0 Å². The fourth-order valence-electron chi connectivity index (χ4n) is 1.56. The zero-order valence-corrected chi connectivity index (χ0v) is 11.6. The Balaban J connectivity index is 2.78. The van der Waals surface area contributed by atoms with Gasteiger partial charge in [0.1, 0.15) is 12.4 Å². The van der Waals surface area contributed by atoms with Crippen molar-refractivity contribution in [3.8, 4) is 11.8 Å². The van der Waals surface area contributed by atoms with Gasteiger partial charge in [-0.15, -0.1) is 0 Å². The molecular formula is C15H18FNO3. The average Bonchev–Trinajstić information content (AvgIpc) is 2.44. The van der Waals surface area contributed by atoms with Crippen LogP contribution in [-0.4, -0.2) is 49.3 Å². The largest absolute Gasteiger partial charge is 0.384 e. The normalized spacial score (nSPS) is 9.80. The topological polar surface area (TPSA) is 49.8 Å². The van der Waals surface area contributed by atoms with Gasteiger partial charge in [-0.3, -0.25) is 4.79 Å². The van der Waals surface area contributed by atoms with E-state index in [0.717, 1.165) is 0 Å². The first kappa shape index (κ1) is 16.2. The number of hydrogen-bond acceptors (Lipinski definition) is 3. The lowest BCUT2D eigenvalue weighted by atomic mass is 10.1. The van der Waals surface area contributed by atoms with E-state index < -0.39 is 11.7 Å². The quantitative estimate of drug-likeness (QED) is 0.652. The summed E-state index contributed by atoms with van der Waals surface area (Å²) in [5.41, 5.74) is 0.420. The van der Waals surface area contributed by atoms with Crippen LogP contribution in [0.25, 0.3) is 0 Å². The van der Waals surface area contributed by atoms with Crippen LogP contribution in [0.4, 0.5) is 4.39 Å². The smallest absolute Gasteiger partial charge is 0.256 e. The molecule has 1 amide bonds. The number of nitrogens with zero attached hydrogens (tertiary/aromatic N) is 1. The highest BCUT2D eigenvalue weighted by atomic mass is 19.1. The Morgan fingerprint density at radius 2 is 2.25 bits per heavy atom. The zero-order valence-electron chi connectivity index (χ0n) is 11.6. The van der Waals surface area contributed by atoms with Crippen LogP contribution in [0.15, 0.2) is 18.2 Å². The Morgan fingerprint density at radius 3 is 2.85 bits per heavy atom. The summed E-state index contributed by atoms with van der Waals surface area (Å²) in [4.78, 5) is 13.4.